The second-order valence-corrected chi connectivity index (χ2v) is 9.12. The predicted molar refractivity (Wildman–Crippen MR) is 136 cm³/mol. The Morgan fingerprint density at radius 2 is 2.06 bits per heavy atom. The van der Waals surface area contributed by atoms with Crippen molar-refractivity contribution < 1.29 is 18.6 Å². The summed E-state index contributed by atoms with van der Waals surface area (Å²) >= 11 is 2.72. The van der Waals surface area contributed by atoms with Crippen LogP contribution in [0.15, 0.2) is 47.0 Å². The highest BCUT2D eigenvalue weighted by molar-refractivity contribution is 7.18. The number of imidazole rings is 1. The molecule has 0 aliphatic heterocycles. The molecule has 0 N–H and O–H groups in total. The molecule has 0 bridgehead atoms. The quantitative estimate of drug-likeness (QED) is 0.223. The van der Waals surface area contributed by atoms with Crippen molar-refractivity contribution in [3.8, 4) is 28.1 Å². The number of allylic oxidation sites excluding steroid dienone is 4. The molecular formula is C24H23N5O4S2. The third kappa shape index (κ3) is 4.64. The van der Waals surface area contributed by atoms with E-state index in [4.69, 9.17) is 18.6 Å². The molecule has 5 aromatic rings. The maximum atomic E-state index is 6.14. The minimum Gasteiger partial charge on any atom is -0.496 e. The Labute approximate surface area is 209 Å². The van der Waals surface area contributed by atoms with Crippen LogP contribution >= 0.6 is 22.9 Å². The highest BCUT2D eigenvalue weighted by atomic mass is 32.1. The monoisotopic (exact) mass is 509 g/mol. The van der Waals surface area contributed by atoms with Gasteiger partial charge in [-0.05, 0) is 42.3 Å². The minimum atomic E-state index is 0.221. The maximum absolute atomic E-state index is 6.14. The van der Waals surface area contributed by atoms with Gasteiger partial charge in [0.2, 0.25) is 4.96 Å². The lowest BCUT2D eigenvalue weighted by Crippen LogP contribution is -1.98. The van der Waals surface area contributed by atoms with E-state index in [1.165, 1.54) is 22.9 Å². The van der Waals surface area contributed by atoms with Gasteiger partial charge in [0.15, 0.2) is 11.6 Å². The molecule has 1 aromatic carbocycles. The zero-order valence-electron chi connectivity index (χ0n) is 19.6. The molecule has 0 amide bonds. The van der Waals surface area contributed by atoms with Crippen LogP contribution in [0.2, 0.25) is 0 Å². The highest BCUT2D eigenvalue weighted by Gasteiger charge is 2.18. The standard InChI is InChI=1S/C24H23N5O4S2/c1-5-7-14(8-6-2)22-26-21(28-35-22)13-32-18-9-15(30-3)10-19-16(18)11-20(33-19)17-12-29-23(25-17)34-24(27-29)31-4/h5,7-12H,6,13H2,1-4H3/b7-5-,14-8+. The first-order valence-electron chi connectivity index (χ1n) is 10.9. The number of benzene rings is 1. The first-order chi connectivity index (χ1) is 17.1. The van der Waals surface area contributed by atoms with E-state index in [2.05, 4.69) is 32.4 Å². The average Bonchev–Trinajstić information content (AvgIpc) is 3.64. The molecule has 0 fully saturated rings. The molecule has 35 heavy (non-hydrogen) atoms. The largest absolute Gasteiger partial charge is 0.496 e. The number of hydrogen-bond donors (Lipinski definition) is 0. The summed E-state index contributed by atoms with van der Waals surface area (Å²) in [4.78, 5) is 9.97. The van der Waals surface area contributed by atoms with Crippen molar-refractivity contribution in [2.75, 3.05) is 14.2 Å². The summed E-state index contributed by atoms with van der Waals surface area (Å²) in [7, 11) is 3.19. The Morgan fingerprint density at radius 1 is 1.17 bits per heavy atom. The fourth-order valence-corrected chi connectivity index (χ4v) is 4.92. The van der Waals surface area contributed by atoms with Gasteiger partial charge in [-0.2, -0.15) is 4.37 Å². The first kappa shape index (κ1) is 23.1. The van der Waals surface area contributed by atoms with E-state index in [0.29, 0.717) is 44.5 Å². The van der Waals surface area contributed by atoms with Gasteiger partial charge in [0.25, 0.3) is 5.19 Å². The Kier molecular flexibility index (Phi) is 6.51. The fourth-order valence-electron chi connectivity index (χ4n) is 3.53. The van der Waals surface area contributed by atoms with Gasteiger partial charge < -0.3 is 18.6 Å². The fraction of sp³-hybridized carbons (Fsp3) is 0.250. The molecule has 5 rings (SSSR count). The van der Waals surface area contributed by atoms with Crippen LogP contribution in [0.4, 0.5) is 0 Å². The number of methoxy groups -OCH3 is 2. The van der Waals surface area contributed by atoms with E-state index in [9.17, 15) is 0 Å². The molecule has 9 nitrogen and oxygen atoms in total. The van der Waals surface area contributed by atoms with Crippen LogP contribution in [0.5, 0.6) is 16.7 Å². The van der Waals surface area contributed by atoms with E-state index >= 15 is 0 Å². The number of fused-ring (bicyclic) bond motifs is 2. The van der Waals surface area contributed by atoms with Gasteiger partial charge >= 0.3 is 0 Å². The normalized spacial score (nSPS) is 12.3. The van der Waals surface area contributed by atoms with Gasteiger partial charge in [-0.25, -0.2) is 14.5 Å². The predicted octanol–water partition coefficient (Wildman–Crippen LogP) is 6.02. The molecule has 0 saturated carbocycles. The summed E-state index contributed by atoms with van der Waals surface area (Å²) in [6, 6.07) is 5.56. The van der Waals surface area contributed by atoms with E-state index in [0.717, 1.165) is 22.4 Å². The van der Waals surface area contributed by atoms with E-state index in [1.54, 1.807) is 24.9 Å². The Bertz CT molecular complexity index is 1510. The highest BCUT2D eigenvalue weighted by Crippen LogP contribution is 2.37. The van der Waals surface area contributed by atoms with Crippen LogP contribution in [0.1, 0.15) is 31.1 Å². The SMILES string of the molecule is C/C=C\C(=C/CC)c1nc(COc2cc(OC)cc3oc(-c4cn5nc(OC)sc5n4)cc23)ns1. The maximum Gasteiger partial charge on any atom is 0.294 e. The van der Waals surface area contributed by atoms with Crippen molar-refractivity contribution in [1.82, 2.24) is 24.0 Å². The number of rotatable bonds is 9. The van der Waals surface area contributed by atoms with Crippen molar-refractivity contribution in [2.45, 2.75) is 26.9 Å². The van der Waals surface area contributed by atoms with Crippen LogP contribution in [0, 0.1) is 0 Å². The van der Waals surface area contributed by atoms with Gasteiger partial charge in [-0.3, -0.25) is 0 Å². The topological polar surface area (TPSA) is 96.8 Å². The molecule has 4 aromatic heterocycles. The number of hydrogen-bond acceptors (Lipinski definition) is 10. The van der Waals surface area contributed by atoms with Gasteiger partial charge in [-0.15, -0.1) is 5.10 Å². The molecule has 0 spiro atoms. The summed E-state index contributed by atoms with van der Waals surface area (Å²) in [5.74, 6) is 2.46. The molecular weight excluding hydrogens is 486 g/mol. The Morgan fingerprint density at radius 3 is 2.80 bits per heavy atom. The molecule has 11 heteroatoms. The number of ether oxygens (including phenoxy) is 3. The van der Waals surface area contributed by atoms with Crippen LogP contribution in [0.3, 0.4) is 0 Å². The molecule has 0 saturated heterocycles. The van der Waals surface area contributed by atoms with E-state index in [-0.39, 0.29) is 6.61 Å². The minimum absolute atomic E-state index is 0.221. The molecule has 0 atom stereocenters. The summed E-state index contributed by atoms with van der Waals surface area (Å²) < 4.78 is 29.0. The number of aromatic nitrogens is 5. The Hall–Kier alpha value is -3.70. The second-order valence-electron chi connectivity index (χ2n) is 7.45. The molecule has 0 unspecified atom stereocenters. The third-order valence-electron chi connectivity index (χ3n) is 5.10. The van der Waals surface area contributed by atoms with Crippen LogP contribution in [-0.2, 0) is 6.61 Å². The van der Waals surface area contributed by atoms with E-state index < -0.39 is 0 Å². The van der Waals surface area contributed by atoms with Gasteiger partial charge in [-0.1, -0.05) is 25.2 Å². The summed E-state index contributed by atoms with van der Waals surface area (Å²) in [5, 5.41) is 6.54. The smallest absolute Gasteiger partial charge is 0.294 e. The summed E-state index contributed by atoms with van der Waals surface area (Å²) in [6.07, 6.45) is 8.90. The van der Waals surface area contributed by atoms with Crippen LogP contribution in [-0.4, -0.2) is 38.2 Å². The first-order valence-corrected chi connectivity index (χ1v) is 12.5. The van der Waals surface area contributed by atoms with Crippen molar-refractivity contribution in [2.24, 2.45) is 0 Å². The van der Waals surface area contributed by atoms with Crippen molar-refractivity contribution >= 4 is 44.4 Å². The van der Waals surface area contributed by atoms with Crippen molar-refractivity contribution in [3.63, 3.8) is 0 Å². The molecule has 180 valence electrons. The molecule has 0 aliphatic carbocycles. The number of nitrogens with zero attached hydrogens (tertiary/aromatic N) is 5. The zero-order valence-corrected chi connectivity index (χ0v) is 21.3. The molecule has 0 radical (unpaired) electrons. The Balaban J connectivity index is 1.43. The van der Waals surface area contributed by atoms with Crippen molar-refractivity contribution in [3.05, 3.63) is 53.5 Å². The van der Waals surface area contributed by atoms with Crippen molar-refractivity contribution in [1.29, 1.82) is 0 Å². The summed E-state index contributed by atoms with van der Waals surface area (Å²) in [5.41, 5.74) is 2.36. The molecule has 4 heterocycles. The van der Waals surface area contributed by atoms with Crippen LogP contribution in [0.25, 0.3) is 33.0 Å². The zero-order chi connectivity index (χ0) is 24.4. The lowest BCUT2D eigenvalue weighted by molar-refractivity contribution is 0.299. The average molecular weight is 510 g/mol. The second kappa shape index (κ2) is 9.88. The van der Waals surface area contributed by atoms with Crippen LogP contribution < -0.4 is 14.2 Å². The lowest BCUT2D eigenvalue weighted by atomic mass is 10.2. The number of furan rings is 1. The van der Waals surface area contributed by atoms with E-state index in [1.807, 2.05) is 37.3 Å². The van der Waals surface area contributed by atoms with Gasteiger partial charge in [0.05, 0.1) is 25.8 Å². The third-order valence-corrected chi connectivity index (χ3v) is 6.79. The lowest BCUT2D eigenvalue weighted by Gasteiger charge is -2.07. The van der Waals surface area contributed by atoms with Gasteiger partial charge in [0.1, 0.15) is 34.4 Å². The molecule has 0 aliphatic rings. The van der Waals surface area contributed by atoms with Gasteiger partial charge in [0, 0.05) is 17.7 Å². The summed E-state index contributed by atoms with van der Waals surface area (Å²) in [6.45, 7) is 4.31.